The molecule has 0 bridgehead atoms. The third-order valence-corrected chi connectivity index (χ3v) is 6.56. The lowest BCUT2D eigenvalue weighted by Crippen LogP contribution is -2.48. The quantitative estimate of drug-likeness (QED) is 0.325. The molecule has 2 aromatic carbocycles. The Bertz CT molecular complexity index is 1240. The molecule has 1 aliphatic heterocycles. The van der Waals surface area contributed by atoms with E-state index in [1.54, 1.807) is 6.92 Å². The van der Waals surface area contributed by atoms with Crippen molar-refractivity contribution in [2.24, 2.45) is 0 Å². The second-order valence-electron chi connectivity index (χ2n) is 9.17. The standard InChI is InChI=1S/C26H25F9N2O4/c1-4-18-12-21(19-11-15(24(27,28)29)6-7-20(19)37(18)23(39)41-5-2)36(22(38)40-3)13-14-8-16(25(30,31)32)10-17(9-14)26(33,34)35/h6-11,18,21H,4-5,12-13H2,1-3H3/t18-,21-/m0/s1. The number of alkyl halides is 9. The first-order chi connectivity index (χ1) is 18.9. The Hall–Kier alpha value is -3.65. The van der Waals surface area contributed by atoms with Gasteiger partial charge in [0.1, 0.15) is 0 Å². The van der Waals surface area contributed by atoms with Gasteiger partial charge in [-0.05, 0) is 67.3 Å². The van der Waals surface area contributed by atoms with Gasteiger partial charge in [-0.3, -0.25) is 9.80 Å². The molecule has 0 aromatic heterocycles. The minimum atomic E-state index is -5.17. The van der Waals surface area contributed by atoms with Crippen LogP contribution in [-0.4, -0.2) is 36.8 Å². The highest BCUT2D eigenvalue weighted by atomic mass is 19.4. The predicted octanol–water partition coefficient (Wildman–Crippen LogP) is 8.20. The number of nitrogens with zero attached hydrogens (tertiary/aromatic N) is 2. The summed E-state index contributed by atoms with van der Waals surface area (Å²) in [6, 6.07) is 1.06. The van der Waals surface area contributed by atoms with E-state index in [0.29, 0.717) is 24.3 Å². The molecule has 0 saturated carbocycles. The van der Waals surface area contributed by atoms with Crippen molar-refractivity contribution in [2.75, 3.05) is 18.6 Å². The summed E-state index contributed by atoms with van der Waals surface area (Å²) in [6.07, 6.45) is -17.3. The summed E-state index contributed by atoms with van der Waals surface area (Å²) in [6.45, 7) is 2.23. The lowest BCUT2D eigenvalue weighted by molar-refractivity contribution is -0.143. The fourth-order valence-corrected chi connectivity index (χ4v) is 4.72. The van der Waals surface area contributed by atoms with Gasteiger partial charge in [-0.2, -0.15) is 39.5 Å². The van der Waals surface area contributed by atoms with Crippen LogP contribution in [0.15, 0.2) is 36.4 Å². The van der Waals surface area contributed by atoms with Crippen molar-refractivity contribution in [3.8, 4) is 0 Å². The number of methoxy groups -OCH3 is 1. The number of hydrogen-bond donors (Lipinski definition) is 0. The van der Waals surface area contributed by atoms with Gasteiger partial charge in [-0.1, -0.05) is 6.92 Å². The zero-order valence-corrected chi connectivity index (χ0v) is 21.9. The summed E-state index contributed by atoms with van der Waals surface area (Å²) < 4.78 is 132. The van der Waals surface area contributed by atoms with Gasteiger partial charge in [0.15, 0.2) is 0 Å². The molecule has 0 aliphatic carbocycles. The maximum atomic E-state index is 13.7. The lowest BCUT2D eigenvalue weighted by Gasteiger charge is -2.43. The van der Waals surface area contributed by atoms with E-state index in [2.05, 4.69) is 0 Å². The number of hydrogen-bond acceptors (Lipinski definition) is 4. The molecule has 0 saturated heterocycles. The largest absolute Gasteiger partial charge is 0.453 e. The Balaban J connectivity index is 2.23. The number of rotatable bonds is 5. The molecule has 6 nitrogen and oxygen atoms in total. The first-order valence-electron chi connectivity index (χ1n) is 12.2. The highest BCUT2D eigenvalue weighted by molar-refractivity contribution is 5.90. The number of anilines is 1. The molecule has 1 heterocycles. The lowest BCUT2D eigenvalue weighted by atomic mass is 9.87. The highest BCUT2D eigenvalue weighted by Crippen LogP contribution is 2.45. The predicted molar refractivity (Wildman–Crippen MR) is 127 cm³/mol. The average Bonchev–Trinajstić information content (AvgIpc) is 2.88. The Morgan fingerprint density at radius 2 is 1.44 bits per heavy atom. The normalized spacial score (nSPS) is 17.6. The Kier molecular flexibility index (Phi) is 9.08. The maximum absolute atomic E-state index is 13.7. The smallest absolute Gasteiger partial charge is 0.416 e. The molecule has 0 unspecified atom stereocenters. The second kappa shape index (κ2) is 11.7. The second-order valence-corrected chi connectivity index (χ2v) is 9.17. The number of fused-ring (bicyclic) bond motifs is 1. The van der Waals surface area contributed by atoms with Crippen LogP contribution >= 0.6 is 0 Å². The van der Waals surface area contributed by atoms with Gasteiger partial charge in [-0.25, -0.2) is 9.59 Å². The number of amides is 2. The molecule has 2 aromatic rings. The monoisotopic (exact) mass is 600 g/mol. The topological polar surface area (TPSA) is 59.1 Å². The molecule has 1 aliphatic rings. The van der Waals surface area contributed by atoms with E-state index in [1.807, 2.05) is 0 Å². The van der Waals surface area contributed by atoms with Gasteiger partial charge in [0.05, 0.1) is 42.1 Å². The Morgan fingerprint density at radius 1 is 0.878 bits per heavy atom. The van der Waals surface area contributed by atoms with E-state index < -0.39 is 71.6 Å². The summed E-state index contributed by atoms with van der Waals surface area (Å²) in [4.78, 5) is 27.6. The van der Waals surface area contributed by atoms with Crippen molar-refractivity contribution in [3.63, 3.8) is 0 Å². The number of carbonyl (C=O) groups is 2. The molecular weight excluding hydrogens is 575 g/mol. The number of ether oxygens (including phenoxy) is 2. The van der Waals surface area contributed by atoms with Crippen LogP contribution in [0.5, 0.6) is 0 Å². The third-order valence-electron chi connectivity index (χ3n) is 6.56. The van der Waals surface area contributed by atoms with E-state index in [-0.39, 0.29) is 36.8 Å². The van der Waals surface area contributed by atoms with Crippen LogP contribution in [0.1, 0.15) is 60.5 Å². The summed E-state index contributed by atoms with van der Waals surface area (Å²) in [5, 5.41) is 0. The first-order valence-corrected chi connectivity index (χ1v) is 12.2. The average molecular weight is 600 g/mol. The molecule has 0 fully saturated rings. The minimum absolute atomic E-state index is 0.0590. The van der Waals surface area contributed by atoms with Crippen molar-refractivity contribution in [1.29, 1.82) is 0 Å². The summed E-state index contributed by atoms with van der Waals surface area (Å²) in [5.41, 5.74) is -5.28. The molecule has 2 amide bonds. The van der Waals surface area contributed by atoms with Crippen LogP contribution in [0.3, 0.4) is 0 Å². The van der Waals surface area contributed by atoms with Crippen LogP contribution < -0.4 is 4.90 Å². The number of halogens is 9. The van der Waals surface area contributed by atoms with E-state index in [4.69, 9.17) is 9.47 Å². The van der Waals surface area contributed by atoms with Crippen molar-refractivity contribution in [3.05, 3.63) is 64.2 Å². The van der Waals surface area contributed by atoms with E-state index in [9.17, 15) is 49.1 Å². The van der Waals surface area contributed by atoms with Crippen LogP contribution in [0.2, 0.25) is 0 Å². The molecule has 41 heavy (non-hydrogen) atoms. The Morgan fingerprint density at radius 3 is 1.90 bits per heavy atom. The molecule has 15 heteroatoms. The molecule has 2 atom stereocenters. The number of benzene rings is 2. The Labute approximate surface area is 228 Å². The number of carbonyl (C=O) groups excluding carboxylic acids is 2. The zero-order valence-electron chi connectivity index (χ0n) is 21.9. The summed E-state index contributed by atoms with van der Waals surface area (Å²) in [7, 11) is 0.903. The summed E-state index contributed by atoms with van der Waals surface area (Å²) in [5.74, 6) is 0. The van der Waals surface area contributed by atoms with Gasteiger partial charge >= 0.3 is 30.7 Å². The fraction of sp³-hybridized carbons (Fsp3) is 0.462. The minimum Gasteiger partial charge on any atom is -0.453 e. The van der Waals surface area contributed by atoms with Crippen molar-refractivity contribution >= 4 is 17.9 Å². The SMILES string of the molecule is CCOC(=O)N1c2ccc(C(F)(F)F)cc2[C@@H](N(Cc2cc(C(F)(F)F)cc(C(F)(F)F)c2)C(=O)OC)C[C@@H]1CC. The van der Waals surface area contributed by atoms with Crippen molar-refractivity contribution in [1.82, 2.24) is 4.90 Å². The molecule has 226 valence electrons. The first kappa shape index (κ1) is 31.9. The van der Waals surface area contributed by atoms with Crippen LogP contribution in [0.4, 0.5) is 54.8 Å². The molecule has 0 radical (unpaired) electrons. The molecule has 0 spiro atoms. The molecular formula is C26H25F9N2O4. The van der Waals surface area contributed by atoms with E-state index in [0.717, 1.165) is 23.0 Å². The van der Waals surface area contributed by atoms with E-state index >= 15 is 0 Å². The van der Waals surface area contributed by atoms with Crippen LogP contribution in [0.25, 0.3) is 0 Å². The third kappa shape index (κ3) is 6.99. The van der Waals surface area contributed by atoms with Gasteiger partial charge in [0.2, 0.25) is 0 Å². The van der Waals surface area contributed by atoms with Crippen LogP contribution in [0, 0.1) is 0 Å². The van der Waals surface area contributed by atoms with Crippen molar-refractivity contribution < 1.29 is 58.6 Å². The van der Waals surface area contributed by atoms with Gasteiger partial charge in [0.25, 0.3) is 0 Å². The fourth-order valence-electron chi connectivity index (χ4n) is 4.72. The van der Waals surface area contributed by atoms with Crippen LogP contribution in [-0.2, 0) is 34.5 Å². The summed E-state index contributed by atoms with van der Waals surface area (Å²) >= 11 is 0. The maximum Gasteiger partial charge on any atom is 0.416 e. The van der Waals surface area contributed by atoms with Crippen molar-refractivity contribution in [2.45, 2.75) is 63.8 Å². The molecule has 3 rings (SSSR count). The van der Waals surface area contributed by atoms with Gasteiger partial charge in [-0.15, -0.1) is 0 Å². The van der Waals surface area contributed by atoms with Gasteiger partial charge in [0, 0.05) is 12.6 Å². The highest BCUT2D eigenvalue weighted by Gasteiger charge is 2.43. The van der Waals surface area contributed by atoms with E-state index in [1.165, 1.54) is 6.92 Å². The van der Waals surface area contributed by atoms with Gasteiger partial charge < -0.3 is 9.47 Å². The molecule has 0 N–H and O–H groups in total. The zero-order chi connectivity index (χ0) is 30.9.